The number of pyridine rings is 1. The van der Waals surface area contributed by atoms with Gasteiger partial charge in [-0.1, -0.05) is 23.5 Å². The van der Waals surface area contributed by atoms with E-state index in [0.717, 1.165) is 16.5 Å². The number of hydrogen-bond donors (Lipinski definition) is 3. The number of halogens is 3. The molecule has 0 aliphatic carbocycles. The minimum atomic E-state index is -4.66. The molecule has 3 amide bonds. The second-order valence-corrected chi connectivity index (χ2v) is 11.2. The van der Waals surface area contributed by atoms with Crippen LogP contribution in [0, 0.1) is 5.92 Å². The van der Waals surface area contributed by atoms with Gasteiger partial charge in [0.2, 0.25) is 5.91 Å². The molecule has 0 bridgehead atoms. The molecular formula is C31H24F3N7O4S. The fourth-order valence-electron chi connectivity index (χ4n) is 4.84. The number of nitrogens with one attached hydrogen (secondary N) is 2. The highest BCUT2D eigenvalue weighted by atomic mass is 32.1. The smallest absolute Gasteiger partial charge is 0.417 e. The van der Waals surface area contributed by atoms with Crippen molar-refractivity contribution in [3.8, 4) is 33.3 Å². The Labute approximate surface area is 263 Å². The molecule has 6 rings (SSSR count). The lowest BCUT2D eigenvalue weighted by molar-refractivity contribution is -0.137. The summed E-state index contributed by atoms with van der Waals surface area (Å²) in [6.07, 6.45) is 2.65. The van der Waals surface area contributed by atoms with Crippen molar-refractivity contribution in [1.82, 2.24) is 19.9 Å². The van der Waals surface area contributed by atoms with Crippen LogP contribution in [0.4, 0.5) is 34.5 Å². The molecular weight excluding hydrogens is 623 g/mol. The Kier molecular flexibility index (Phi) is 8.59. The summed E-state index contributed by atoms with van der Waals surface area (Å²) in [5.74, 6) is 0.298. The van der Waals surface area contributed by atoms with Gasteiger partial charge in [0.05, 0.1) is 34.2 Å². The van der Waals surface area contributed by atoms with E-state index in [1.54, 1.807) is 23.2 Å². The first-order valence-electron chi connectivity index (χ1n) is 13.8. The number of anilines is 3. The van der Waals surface area contributed by atoms with Crippen molar-refractivity contribution >= 4 is 39.8 Å². The summed E-state index contributed by atoms with van der Waals surface area (Å²) in [4.78, 5) is 43.9. The fraction of sp³-hybridized carbons (Fsp3) is 0.161. The Morgan fingerprint density at radius 3 is 2.43 bits per heavy atom. The van der Waals surface area contributed by atoms with Gasteiger partial charge in [0, 0.05) is 55.2 Å². The largest absolute Gasteiger partial charge is 0.424 e. The highest BCUT2D eigenvalue weighted by molar-refractivity contribution is 7.19. The van der Waals surface area contributed by atoms with Crippen molar-refractivity contribution < 1.29 is 32.6 Å². The lowest BCUT2D eigenvalue weighted by Crippen LogP contribution is -2.24. The van der Waals surface area contributed by atoms with Gasteiger partial charge >= 0.3 is 18.2 Å². The number of amides is 3. The lowest BCUT2D eigenvalue weighted by atomic mass is 9.98. The summed E-state index contributed by atoms with van der Waals surface area (Å²) < 4.78 is 47.0. The summed E-state index contributed by atoms with van der Waals surface area (Å²) >= 11 is 1.37. The summed E-state index contributed by atoms with van der Waals surface area (Å²) in [7, 11) is 0. The number of carbonyl (C=O) groups is 2. The zero-order valence-corrected chi connectivity index (χ0v) is 24.5. The van der Waals surface area contributed by atoms with Crippen LogP contribution in [-0.2, 0) is 11.0 Å². The van der Waals surface area contributed by atoms with Crippen molar-refractivity contribution in [2.75, 3.05) is 28.7 Å². The van der Waals surface area contributed by atoms with E-state index in [9.17, 15) is 27.9 Å². The molecule has 1 aliphatic heterocycles. The quantitative estimate of drug-likeness (QED) is 0.174. The third-order valence-corrected chi connectivity index (χ3v) is 8.06. The van der Waals surface area contributed by atoms with Crippen molar-refractivity contribution in [3.63, 3.8) is 0 Å². The molecule has 0 radical (unpaired) electrons. The van der Waals surface area contributed by atoms with Gasteiger partial charge in [0.1, 0.15) is 5.75 Å². The third-order valence-electron chi connectivity index (χ3n) is 6.99. The minimum Gasteiger partial charge on any atom is -0.424 e. The monoisotopic (exact) mass is 647 g/mol. The first-order valence-corrected chi connectivity index (χ1v) is 14.7. The number of nitrogens with zero attached hydrogens (tertiary/aromatic N) is 5. The van der Waals surface area contributed by atoms with Gasteiger partial charge in [-0.3, -0.25) is 14.7 Å². The van der Waals surface area contributed by atoms with E-state index in [4.69, 9.17) is 4.74 Å². The fourth-order valence-corrected chi connectivity index (χ4v) is 5.79. The summed E-state index contributed by atoms with van der Waals surface area (Å²) in [6, 6.07) is 12.8. The van der Waals surface area contributed by atoms with Gasteiger partial charge in [0.25, 0.3) is 0 Å². The lowest BCUT2D eigenvalue weighted by Gasteiger charge is -2.18. The zero-order valence-electron chi connectivity index (χ0n) is 23.7. The van der Waals surface area contributed by atoms with Crippen molar-refractivity contribution in [2.45, 2.75) is 12.6 Å². The van der Waals surface area contributed by atoms with E-state index in [-0.39, 0.29) is 46.9 Å². The number of ether oxygens (including phenoxy) is 1. The maximum absolute atomic E-state index is 13.8. The molecule has 15 heteroatoms. The van der Waals surface area contributed by atoms with Crippen LogP contribution in [0.15, 0.2) is 85.6 Å². The number of rotatable bonds is 8. The van der Waals surface area contributed by atoms with E-state index in [1.165, 1.54) is 60.4 Å². The number of hydrogen-bond acceptors (Lipinski definition) is 9. The van der Waals surface area contributed by atoms with Crippen LogP contribution < -0.4 is 20.3 Å². The third kappa shape index (κ3) is 6.79. The van der Waals surface area contributed by atoms with Crippen LogP contribution in [0.2, 0.25) is 0 Å². The van der Waals surface area contributed by atoms with Crippen LogP contribution in [0.1, 0.15) is 12.0 Å². The topological polar surface area (TPSA) is 142 Å². The highest BCUT2D eigenvalue weighted by Crippen LogP contribution is 2.41. The molecule has 0 spiro atoms. The molecule has 1 atom stereocenters. The van der Waals surface area contributed by atoms with E-state index in [0.29, 0.717) is 23.8 Å². The number of aromatic nitrogens is 4. The number of urea groups is 1. The molecule has 3 aromatic heterocycles. The minimum absolute atomic E-state index is 0.00140. The van der Waals surface area contributed by atoms with Crippen LogP contribution in [0.3, 0.4) is 0 Å². The Morgan fingerprint density at radius 2 is 1.76 bits per heavy atom. The maximum atomic E-state index is 13.8. The van der Waals surface area contributed by atoms with Gasteiger partial charge < -0.3 is 20.5 Å². The molecule has 46 heavy (non-hydrogen) atoms. The van der Waals surface area contributed by atoms with Crippen LogP contribution >= 0.6 is 11.3 Å². The standard InChI is InChI=1S/C31H24F3N7O4S/c32-31(33,34)23-4-1-5-24(27(23)20-3-2-10-35-12-20)40-28(44)39-21-13-36-29(37-14-21)45-22-8-6-19(7-9-22)25-15-38-30(46-25)41-16-18(17-42)11-26(41)43/h1-10,12-15,18,42H,11,16-17H2,(H2,39,40,44). The summed E-state index contributed by atoms with van der Waals surface area (Å²) in [5, 5.41) is 14.9. The Bertz CT molecular complexity index is 1850. The number of aliphatic hydroxyl groups excluding tert-OH is 1. The van der Waals surface area contributed by atoms with Gasteiger partial charge in [-0.2, -0.15) is 13.2 Å². The van der Waals surface area contributed by atoms with Crippen molar-refractivity contribution in [3.05, 3.63) is 91.1 Å². The van der Waals surface area contributed by atoms with Gasteiger partial charge in [-0.15, -0.1) is 0 Å². The molecule has 2 aromatic carbocycles. The summed E-state index contributed by atoms with van der Waals surface area (Å²) in [6.45, 7) is 0.398. The maximum Gasteiger partial charge on any atom is 0.417 e. The molecule has 234 valence electrons. The average Bonchev–Trinajstić information content (AvgIpc) is 3.69. The second-order valence-electron chi connectivity index (χ2n) is 10.2. The number of benzene rings is 2. The second kappa shape index (κ2) is 12.9. The number of thiazole rings is 1. The van der Waals surface area contributed by atoms with Gasteiger partial charge in [-0.05, 0) is 48.0 Å². The Balaban J connectivity index is 1.08. The number of carbonyl (C=O) groups excluding carboxylic acids is 2. The predicted octanol–water partition coefficient (Wildman–Crippen LogP) is 6.46. The molecule has 3 N–H and O–H groups in total. The van der Waals surface area contributed by atoms with E-state index >= 15 is 0 Å². The van der Waals surface area contributed by atoms with Crippen molar-refractivity contribution in [2.24, 2.45) is 5.92 Å². The average molecular weight is 648 g/mol. The first kappa shape index (κ1) is 30.6. The Morgan fingerprint density at radius 1 is 0.978 bits per heavy atom. The highest BCUT2D eigenvalue weighted by Gasteiger charge is 2.35. The molecule has 1 unspecified atom stereocenters. The van der Waals surface area contributed by atoms with Gasteiger partial charge in [0.15, 0.2) is 5.13 Å². The van der Waals surface area contributed by atoms with E-state index in [2.05, 4.69) is 30.6 Å². The molecule has 1 saturated heterocycles. The Hall–Kier alpha value is -5.41. The molecule has 4 heterocycles. The SMILES string of the molecule is O=C(Nc1cnc(Oc2ccc(-c3cnc(N4CC(CO)CC4=O)s3)cc2)nc1)Nc1cccc(C(F)(F)F)c1-c1cccnc1. The van der Waals surface area contributed by atoms with Crippen LogP contribution in [0.25, 0.3) is 21.6 Å². The number of aliphatic hydroxyl groups is 1. The molecule has 0 saturated carbocycles. The normalized spacial score (nSPS) is 14.7. The van der Waals surface area contributed by atoms with Crippen LogP contribution in [-0.4, -0.2) is 50.1 Å². The zero-order chi connectivity index (χ0) is 32.3. The molecule has 11 nitrogen and oxygen atoms in total. The number of alkyl halides is 3. The molecule has 1 fully saturated rings. The molecule has 1 aliphatic rings. The molecule has 5 aromatic rings. The first-order chi connectivity index (χ1) is 22.2. The van der Waals surface area contributed by atoms with Crippen molar-refractivity contribution in [1.29, 1.82) is 0 Å². The predicted molar refractivity (Wildman–Crippen MR) is 165 cm³/mol. The summed E-state index contributed by atoms with van der Waals surface area (Å²) in [5.41, 5.74) is 0.0506. The van der Waals surface area contributed by atoms with Gasteiger partial charge in [-0.25, -0.2) is 19.7 Å². The van der Waals surface area contributed by atoms with E-state index < -0.39 is 17.8 Å². The van der Waals surface area contributed by atoms with Crippen LogP contribution in [0.5, 0.6) is 11.8 Å². The van der Waals surface area contributed by atoms with E-state index in [1.807, 2.05) is 12.1 Å².